The van der Waals surface area contributed by atoms with Crippen molar-refractivity contribution in [1.29, 1.82) is 0 Å². The van der Waals surface area contributed by atoms with Crippen LogP contribution >= 0.6 is 0 Å². The molecule has 78 valence electrons. The predicted octanol–water partition coefficient (Wildman–Crippen LogP) is 1.18. The number of methoxy groups -OCH3 is 1. The Morgan fingerprint density at radius 2 is 2.15 bits per heavy atom. The first-order valence-corrected chi connectivity index (χ1v) is 5.24. The highest BCUT2D eigenvalue weighted by Crippen LogP contribution is 2.06. The van der Waals surface area contributed by atoms with Crippen LogP contribution in [0.2, 0.25) is 0 Å². The molecule has 1 aliphatic rings. The van der Waals surface area contributed by atoms with Gasteiger partial charge in [-0.15, -0.1) is 0 Å². The maximum Gasteiger partial charge on any atom is 0.0699 e. The fourth-order valence-corrected chi connectivity index (χ4v) is 1.56. The van der Waals surface area contributed by atoms with E-state index in [4.69, 9.17) is 9.47 Å². The van der Waals surface area contributed by atoms with Gasteiger partial charge in [0, 0.05) is 26.9 Å². The lowest BCUT2D eigenvalue weighted by Gasteiger charge is -2.22. The molecule has 0 amide bonds. The molecule has 0 aromatic heterocycles. The fraction of sp³-hybridized carbons (Fsp3) is 1.00. The average molecular weight is 187 g/mol. The van der Waals surface area contributed by atoms with Crippen LogP contribution in [0.4, 0.5) is 0 Å². The zero-order valence-corrected chi connectivity index (χ0v) is 8.55. The van der Waals surface area contributed by atoms with Crippen LogP contribution in [0.1, 0.15) is 25.7 Å². The van der Waals surface area contributed by atoms with Gasteiger partial charge in [-0.3, -0.25) is 0 Å². The molecule has 1 saturated heterocycles. The minimum Gasteiger partial charge on any atom is -0.385 e. The number of hydrogen-bond acceptors (Lipinski definition) is 3. The molecule has 13 heavy (non-hydrogen) atoms. The lowest BCUT2D eigenvalue weighted by atomic mass is 10.1. The number of nitrogens with one attached hydrogen (secondary N) is 1. The second-order valence-corrected chi connectivity index (χ2v) is 3.54. The molecule has 1 heterocycles. The Morgan fingerprint density at radius 3 is 2.85 bits per heavy atom. The zero-order chi connectivity index (χ0) is 9.36. The summed E-state index contributed by atoms with van der Waals surface area (Å²) < 4.78 is 10.7. The van der Waals surface area contributed by atoms with E-state index in [2.05, 4.69) is 5.32 Å². The Kier molecular flexibility index (Phi) is 6.15. The summed E-state index contributed by atoms with van der Waals surface area (Å²) in [4.78, 5) is 0. The molecule has 0 aromatic rings. The lowest BCUT2D eigenvalue weighted by Crippen LogP contribution is -2.35. The molecule has 1 rings (SSSR count). The van der Waals surface area contributed by atoms with Crippen LogP contribution < -0.4 is 5.32 Å². The Hall–Kier alpha value is -0.120. The molecule has 0 spiro atoms. The summed E-state index contributed by atoms with van der Waals surface area (Å²) in [5.41, 5.74) is 0. The molecule has 1 unspecified atom stereocenters. The minimum atomic E-state index is 0.455. The Bertz CT molecular complexity index is 113. The summed E-state index contributed by atoms with van der Waals surface area (Å²) >= 11 is 0. The van der Waals surface area contributed by atoms with Gasteiger partial charge in [-0.1, -0.05) is 0 Å². The first-order valence-electron chi connectivity index (χ1n) is 5.24. The largest absolute Gasteiger partial charge is 0.385 e. The number of ether oxygens (including phenoxy) is 2. The molecule has 0 bridgehead atoms. The van der Waals surface area contributed by atoms with E-state index in [0.29, 0.717) is 6.10 Å². The van der Waals surface area contributed by atoms with Crippen LogP contribution in [0.5, 0.6) is 0 Å². The van der Waals surface area contributed by atoms with Gasteiger partial charge >= 0.3 is 0 Å². The van der Waals surface area contributed by atoms with E-state index >= 15 is 0 Å². The Morgan fingerprint density at radius 1 is 1.31 bits per heavy atom. The summed E-state index contributed by atoms with van der Waals surface area (Å²) in [6.07, 6.45) is 5.15. The van der Waals surface area contributed by atoms with E-state index in [0.717, 1.165) is 39.1 Å². The van der Waals surface area contributed by atoms with Crippen molar-refractivity contribution in [3.8, 4) is 0 Å². The van der Waals surface area contributed by atoms with Gasteiger partial charge in [0.2, 0.25) is 0 Å². The van der Waals surface area contributed by atoms with Gasteiger partial charge in [-0.2, -0.15) is 0 Å². The molecule has 3 nitrogen and oxygen atoms in total. The predicted molar refractivity (Wildman–Crippen MR) is 53.0 cm³/mol. The van der Waals surface area contributed by atoms with Crippen LogP contribution in [0.25, 0.3) is 0 Å². The molecule has 1 fully saturated rings. The molecule has 1 N–H and O–H groups in total. The number of hydrogen-bond donors (Lipinski definition) is 1. The van der Waals surface area contributed by atoms with Gasteiger partial charge in [0.15, 0.2) is 0 Å². The third-order valence-electron chi connectivity index (χ3n) is 2.35. The number of piperidine rings is 1. The highest BCUT2D eigenvalue weighted by molar-refractivity contribution is 4.68. The van der Waals surface area contributed by atoms with Crippen molar-refractivity contribution in [2.75, 3.05) is 33.4 Å². The zero-order valence-electron chi connectivity index (χ0n) is 8.55. The van der Waals surface area contributed by atoms with Gasteiger partial charge in [0.1, 0.15) is 0 Å². The minimum absolute atomic E-state index is 0.455. The molecule has 3 heteroatoms. The normalized spacial score (nSPS) is 23.3. The van der Waals surface area contributed by atoms with Crippen LogP contribution in [-0.2, 0) is 9.47 Å². The summed E-state index contributed by atoms with van der Waals surface area (Å²) in [5.74, 6) is 0. The summed E-state index contributed by atoms with van der Waals surface area (Å²) in [5, 5.41) is 3.34. The van der Waals surface area contributed by atoms with E-state index in [1.165, 1.54) is 12.8 Å². The second-order valence-electron chi connectivity index (χ2n) is 3.54. The van der Waals surface area contributed by atoms with Gasteiger partial charge in [0.25, 0.3) is 0 Å². The Balaban J connectivity index is 1.86. The molecule has 1 aliphatic heterocycles. The highest BCUT2D eigenvalue weighted by Gasteiger charge is 2.12. The van der Waals surface area contributed by atoms with Crippen LogP contribution in [0, 0.1) is 0 Å². The number of rotatable bonds is 6. The van der Waals surface area contributed by atoms with Crippen molar-refractivity contribution < 1.29 is 9.47 Å². The summed E-state index contributed by atoms with van der Waals surface area (Å²) in [6, 6.07) is 0. The SMILES string of the molecule is COCCCCOC1CCCNC1. The number of unbranched alkanes of at least 4 members (excludes halogenated alkanes) is 1. The first-order chi connectivity index (χ1) is 6.43. The topological polar surface area (TPSA) is 30.5 Å². The van der Waals surface area contributed by atoms with Crippen molar-refractivity contribution in [3.63, 3.8) is 0 Å². The van der Waals surface area contributed by atoms with E-state index in [-0.39, 0.29) is 0 Å². The molecule has 0 radical (unpaired) electrons. The lowest BCUT2D eigenvalue weighted by molar-refractivity contribution is 0.0322. The summed E-state index contributed by atoms with van der Waals surface area (Å²) in [7, 11) is 1.74. The van der Waals surface area contributed by atoms with Crippen LogP contribution in [0.15, 0.2) is 0 Å². The third kappa shape index (κ3) is 5.24. The van der Waals surface area contributed by atoms with E-state index in [1.54, 1.807) is 7.11 Å². The molecule has 0 aromatic carbocycles. The highest BCUT2D eigenvalue weighted by atomic mass is 16.5. The summed E-state index contributed by atoms with van der Waals surface area (Å²) in [6.45, 7) is 3.93. The van der Waals surface area contributed by atoms with Crippen molar-refractivity contribution in [2.45, 2.75) is 31.8 Å². The second kappa shape index (κ2) is 7.30. The molecule has 1 atom stereocenters. The van der Waals surface area contributed by atoms with Crippen molar-refractivity contribution >= 4 is 0 Å². The van der Waals surface area contributed by atoms with Crippen molar-refractivity contribution in [3.05, 3.63) is 0 Å². The molecular formula is C10H21NO2. The monoisotopic (exact) mass is 187 g/mol. The molecule has 0 aliphatic carbocycles. The van der Waals surface area contributed by atoms with Crippen molar-refractivity contribution in [2.24, 2.45) is 0 Å². The quantitative estimate of drug-likeness (QED) is 0.633. The average Bonchev–Trinajstić information content (AvgIpc) is 2.19. The maximum atomic E-state index is 5.71. The van der Waals surface area contributed by atoms with Gasteiger partial charge in [-0.05, 0) is 32.2 Å². The molecular weight excluding hydrogens is 166 g/mol. The Labute approximate surface area is 80.8 Å². The van der Waals surface area contributed by atoms with Crippen LogP contribution in [0.3, 0.4) is 0 Å². The first kappa shape index (κ1) is 11.0. The van der Waals surface area contributed by atoms with Crippen LogP contribution in [-0.4, -0.2) is 39.5 Å². The third-order valence-corrected chi connectivity index (χ3v) is 2.35. The fourth-order valence-electron chi connectivity index (χ4n) is 1.56. The van der Waals surface area contributed by atoms with Gasteiger partial charge in [0.05, 0.1) is 6.10 Å². The standard InChI is InChI=1S/C10H21NO2/c1-12-7-2-3-8-13-10-5-4-6-11-9-10/h10-11H,2-9H2,1H3. The molecule has 0 saturated carbocycles. The van der Waals surface area contributed by atoms with Crippen molar-refractivity contribution in [1.82, 2.24) is 5.32 Å². The van der Waals surface area contributed by atoms with E-state index in [1.807, 2.05) is 0 Å². The van der Waals surface area contributed by atoms with E-state index in [9.17, 15) is 0 Å². The smallest absolute Gasteiger partial charge is 0.0699 e. The van der Waals surface area contributed by atoms with Gasteiger partial charge < -0.3 is 14.8 Å². The van der Waals surface area contributed by atoms with E-state index < -0.39 is 0 Å². The maximum absolute atomic E-state index is 5.71. The van der Waals surface area contributed by atoms with Gasteiger partial charge in [-0.25, -0.2) is 0 Å².